The Morgan fingerprint density at radius 2 is 1.27 bits per heavy atom. The van der Waals surface area contributed by atoms with Crippen molar-refractivity contribution in [1.82, 2.24) is 9.97 Å². The van der Waals surface area contributed by atoms with Crippen LogP contribution in [0, 0.1) is 0 Å². The van der Waals surface area contributed by atoms with Gasteiger partial charge in [0.05, 0.1) is 11.1 Å². The lowest BCUT2D eigenvalue weighted by molar-refractivity contribution is -0.206. The summed E-state index contributed by atoms with van der Waals surface area (Å²) >= 11 is 0. The van der Waals surface area contributed by atoms with E-state index in [4.69, 9.17) is 9.47 Å². The molecule has 0 aliphatic heterocycles. The monoisotopic (exact) mass is 612 g/mol. The highest BCUT2D eigenvalue weighted by molar-refractivity contribution is 5.91. The van der Waals surface area contributed by atoms with Gasteiger partial charge in [-0.2, -0.15) is 13.2 Å². The zero-order chi connectivity index (χ0) is 31.8. The smallest absolute Gasteiger partial charge is 0.425 e. The minimum atomic E-state index is -4.65. The second-order valence-electron chi connectivity index (χ2n) is 11.1. The number of aryl methyl sites for hydroxylation is 1. The molecule has 0 spiro atoms. The molecule has 0 fully saturated rings. The summed E-state index contributed by atoms with van der Waals surface area (Å²) in [6.07, 6.45) is 8.27. The highest BCUT2D eigenvalue weighted by Gasteiger charge is 2.42. The second kappa shape index (κ2) is 18.1. The summed E-state index contributed by atoms with van der Waals surface area (Å²) in [6.45, 7) is 4.19. The molecule has 0 aliphatic rings. The first-order chi connectivity index (χ1) is 21.2. The van der Waals surface area contributed by atoms with E-state index >= 15 is 0 Å². The number of rotatable bonds is 18. The number of nitrogens with zero attached hydrogens (tertiary/aromatic N) is 2. The van der Waals surface area contributed by atoms with Crippen LogP contribution in [0.1, 0.15) is 117 Å². The van der Waals surface area contributed by atoms with Crippen LogP contribution >= 0.6 is 0 Å². The van der Waals surface area contributed by atoms with E-state index in [-0.39, 0.29) is 23.3 Å². The second-order valence-corrected chi connectivity index (χ2v) is 11.1. The molecule has 238 valence electrons. The average molecular weight is 613 g/mol. The summed E-state index contributed by atoms with van der Waals surface area (Å²) in [6, 6.07) is 13.3. The van der Waals surface area contributed by atoms with Crippen molar-refractivity contribution in [3.63, 3.8) is 0 Å². The Balaban J connectivity index is 1.49. The van der Waals surface area contributed by atoms with E-state index < -0.39 is 24.2 Å². The summed E-state index contributed by atoms with van der Waals surface area (Å²) in [7, 11) is 0. The van der Waals surface area contributed by atoms with Crippen LogP contribution in [-0.2, 0) is 11.2 Å². The van der Waals surface area contributed by atoms with E-state index in [1.54, 1.807) is 0 Å². The molecule has 6 nitrogen and oxygen atoms in total. The molecule has 0 amide bonds. The number of aromatic nitrogens is 2. The number of carbonyl (C=O) groups is 2. The highest BCUT2D eigenvalue weighted by Crippen LogP contribution is 2.28. The van der Waals surface area contributed by atoms with E-state index in [9.17, 15) is 22.8 Å². The zero-order valence-corrected chi connectivity index (χ0v) is 25.7. The van der Waals surface area contributed by atoms with Crippen LogP contribution < -0.4 is 4.74 Å². The molecule has 0 saturated heterocycles. The number of hydrogen-bond donors (Lipinski definition) is 0. The predicted octanol–water partition coefficient (Wildman–Crippen LogP) is 9.71. The van der Waals surface area contributed by atoms with Gasteiger partial charge < -0.3 is 9.47 Å². The number of unbranched alkanes of at least 4 members (excludes halogenated alkanes) is 9. The molecule has 3 aromatic rings. The Morgan fingerprint density at radius 3 is 1.86 bits per heavy atom. The van der Waals surface area contributed by atoms with Gasteiger partial charge in [0, 0.05) is 18.0 Å². The molecule has 0 aliphatic carbocycles. The summed E-state index contributed by atoms with van der Waals surface area (Å²) in [5.41, 5.74) is 2.16. The van der Waals surface area contributed by atoms with E-state index in [0.717, 1.165) is 24.8 Å². The van der Waals surface area contributed by atoms with E-state index in [1.165, 1.54) is 87.2 Å². The molecule has 1 heterocycles. The SMILES string of the molecule is CCCCCCCCCc1ccc(-c2ncc(C(=O)Oc3ccc(C(=O)OC(CCCCCC)C(F)(F)F)cc3)cn2)cc1. The number of esters is 2. The van der Waals surface area contributed by atoms with Crippen LogP contribution in [0.4, 0.5) is 13.2 Å². The van der Waals surface area contributed by atoms with Gasteiger partial charge in [-0.1, -0.05) is 95.9 Å². The third kappa shape index (κ3) is 11.7. The van der Waals surface area contributed by atoms with Gasteiger partial charge >= 0.3 is 18.1 Å². The molecule has 0 bridgehead atoms. The first-order valence-electron chi connectivity index (χ1n) is 15.7. The molecule has 9 heteroatoms. The van der Waals surface area contributed by atoms with E-state index in [1.807, 2.05) is 19.1 Å². The maximum absolute atomic E-state index is 13.4. The van der Waals surface area contributed by atoms with Gasteiger partial charge in [-0.05, 0) is 55.5 Å². The quantitative estimate of drug-likeness (QED) is 0.0808. The Kier molecular flexibility index (Phi) is 14.3. The van der Waals surface area contributed by atoms with Gasteiger partial charge in [-0.25, -0.2) is 19.6 Å². The van der Waals surface area contributed by atoms with E-state index in [0.29, 0.717) is 18.7 Å². The molecule has 0 radical (unpaired) electrons. The minimum absolute atomic E-state index is 0.0753. The number of hydrogen-bond acceptors (Lipinski definition) is 6. The van der Waals surface area contributed by atoms with Crippen LogP contribution in [0.15, 0.2) is 60.9 Å². The normalized spacial score (nSPS) is 12.1. The molecule has 1 aromatic heterocycles. The van der Waals surface area contributed by atoms with Crippen molar-refractivity contribution in [1.29, 1.82) is 0 Å². The third-order valence-electron chi connectivity index (χ3n) is 7.40. The fourth-order valence-corrected chi connectivity index (χ4v) is 4.76. The Labute approximate surface area is 258 Å². The van der Waals surface area contributed by atoms with Crippen molar-refractivity contribution >= 4 is 11.9 Å². The highest BCUT2D eigenvalue weighted by atomic mass is 19.4. The minimum Gasteiger partial charge on any atom is -0.449 e. The fourth-order valence-electron chi connectivity index (χ4n) is 4.76. The van der Waals surface area contributed by atoms with E-state index in [2.05, 4.69) is 29.0 Å². The number of halogens is 3. The summed E-state index contributed by atoms with van der Waals surface area (Å²) in [5, 5.41) is 0. The molecule has 0 N–H and O–H groups in total. The van der Waals surface area contributed by atoms with Gasteiger partial charge in [0.15, 0.2) is 11.9 Å². The lowest BCUT2D eigenvalue weighted by Crippen LogP contribution is -2.33. The summed E-state index contributed by atoms with van der Waals surface area (Å²) in [5.74, 6) is -1.20. The average Bonchev–Trinajstić information content (AvgIpc) is 3.02. The number of ether oxygens (including phenoxy) is 2. The molecular weight excluding hydrogens is 569 g/mol. The molecule has 3 rings (SSSR count). The van der Waals surface area contributed by atoms with Gasteiger partial charge in [0.2, 0.25) is 0 Å². The Hall–Kier alpha value is -3.75. The van der Waals surface area contributed by atoms with Gasteiger partial charge in [0.1, 0.15) is 5.75 Å². The fraction of sp³-hybridized carbons (Fsp3) is 0.486. The van der Waals surface area contributed by atoms with Crippen molar-refractivity contribution in [3.05, 3.63) is 77.6 Å². The molecule has 2 aromatic carbocycles. The Bertz CT molecular complexity index is 1280. The molecular formula is C35H43F3N2O4. The predicted molar refractivity (Wildman–Crippen MR) is 165 cm³/mol. The van der Waals surface area contributed by atoms with Crippen molar-refractivity contribution < 1.29 is 32.2 Å². The van der Waals surface area contributed by atoms with Crippen LogP contribution in [0.3, 0.4) is 0 Å². The Morgan fingerprint density at radius 1 is 0.705 bits per heavy atom. The molecule has 1 unspecified atom stereocenters. The van der Waals surface area contributed by atoms with Crippen molar-refractivity contribution in [2.24, 2.45) is 0 Å². The first-order valence-corrected chi connectivity index (χ1v) is 15.7. The van der Waals surface area contributed by atoms with Crippen LogP contribution in [0.5, 0.6) is 5.75 Å². The number of carbonyl (C=O) groups excluding carboxylic acids is 2. The van der Waals surface area contributed by atoms with Crippen LogP contribution in [0.25, 0.3) is 11.4 Å². The van der Waals surface area contributed by atoms with Crippen LogP contribution in [0.2, 0.25) is 0 Å². The van der Waals surface area contributed by atoms with Crippen molar-refractivity contribution in [2.75, 3.05) is 0 Å². The van der Waals surface area contributed by atoms with Crippen molar-refractivity contribution in [2.45, 2.75) is 110 Å². The lowest BCUT2D eigenvalue weighted by Gasteiger charge is -2.20. The summed E-state index contributed by atoms with van der Waals surface area (Å²) in [4.78, 5) is 33.6. The molecule has 1 atom stereocenters. The third-order valence-corrected chi connectivity index (χ3v) is 7.40. The number of alkyl halides is 3. The topological polar surface area (TPSA) is 78.4 Å². The van der Waals surface area contributed by atoms with Crippen molar-refractivity contribution in [3.8, 4) is 17.1 Å². The molecule has 44 heavy (non-hydrogen) atoms. The van der Waals surface area contributed by atoms with Crippen LogP contribution in [-0.4, -0.2) is 34.2 Å². The molecule has 0 saturated carbocycles. The first kappa shape index (κ1) is 34.7. The number of benzene rings is 2. The zero-order valence-electron chi connectivity index (χ0n) is 25.7. The standard InChI is InChI=1S/C35H43F3N2O4/c1-3-5-7-9-10-11-12-14-26-16-18-27(19-17-26)32-39-24-29(25-40-32)34(42)43-30-22-20-28(21-23-30)33(41)44-31(35(36,37)38)15-13-8-6-4-2/h16-25,31H,3-15H2,1-2H3. The van der Waals surface area contributed by atoms with Gasteiger partial charge in [-0.3, -0.25) is 0 Å². The van der Waals surface area contributed by atoms with Gasteiger partial charge in [0.25, 0.3) is 0 Å². The van der Waals surface area contributed by atoms with Gasteiger partial charge in [-0.15, -0.1) is 0 Å². The maximum atomic E-state index is 13.4. The lowest BCUT2D eigenvalue weighted by atomic mass is 10.0. The maximum Gasteiger partial charge on any atom is 0.425 e. The summed E-state index contributed by atoms with van der Waals surface area (Å²) < 4.78 is 50.2. The largest absolute Gasteiger partial charge is 0.449 e.